The first-order valence-electron chi connectivity index (χ1n) is 10.2. The van der Waals surface area contributed by atoms with Crippen molar-refractivity contribution in [1.29, 1.82) is 0 Å². The number of aromatic nitrogens is 1. The molecule has 1 amide bonds. The highest BCUT2D eigenvalue weighted by Gasteiger charge is 2.09. The highest BCUT2D eigenvalue weighted by atomic mass is 32.2. The van der Waals surface area contributed by atoms with Crippen molar-refractivity contribution in [2.24, 2.45) is 4.99 Å². The molecule has 0 fully saturated rings. The van der Waals surface area contributed by atoms with E-state index in [9.17, 15) is 14.9 Å². The third kappa shape index (κ3) is 6.47. The summed E-state index contributed by atoms with van der Waals surface area (Å²) in [5.74, 6) is 0.296. The molecule has 0 bridgehead atoms. The highest BCUT2D eigenvalue weighted by molar-refractivity contribution is 8.01. The summed E-state index contributed by atoms with van der Waals surface area (Å²) in [7, 11) is 0. The van der Waals surface area contributed by atoms with Crippen LogP contribution in [0.3, 0.4) is 0 Å². The van der Waals surface area contributed by atoms with Gasteiger partial charge < -0.3 is 5.32 Å². The van der Waals surface area contributed by atoms with Gasteiger partial charge in [-0.25, -0.2) is 4.98 Å². The van der Waals surface area contributed by atoms with Crippen LogP contribution in [0.15, 0.2) is 82.1 Å². The largest absolute Gasteiger partial charge is 0.355 e. The van der Waals surface area contributed by atoms with Crippen molar-refractivity contribution in [3.8, 4) is 0 Å². The van der Waals surface area contributed by atoms with E-state index in [1.165, 1.54) is 40.8 Å². The lowest BCUT2D eigenvalue weighted by Gasteiger charge is -2.04. The Morgan fingerprint density at radius 3 is 2.79 bits per heavy atom. The summed E-state index contributed by atoms with van der Waals surface area (Å²) < 4.78 is 1.79. The Morgan fingerprint density at radius 1 is 1.12 bits per heavy atom. The lowest BCUT2D eigenvalue weighted by atomic mass is 10.1. The zero-order valence-corrected chi connectivity index (χ0v) is 19.1. The first-order valence-corrected chi connectivity index (χ1v) is 12.0. The number of aliphatic imine (C=N–C) groups is 1. The Balaban J connectivity index is 1.32. The summed E-state index contributed by atoms with van der Waals surface area (Å²) in [4.78, 5) is 31.6. The average Bonchev–Trinajstić information content (AvgIpc) is 3.24. The lowest BCUT2D eigenvalue weighted by Crippen LogP contribution is -2.27. The van der Waals surface area contributed by atoms with Crippen molar-refractivity contribution in [3.63, 3.8) is 0 Å². The zero-order chi connectivity index (χ0) is 23.0. The minimum Gasteiger partial charge on any atom is -0.355 e. The third-order valence-electron chi connectivity index (χ3n) is 4.70. The predicted octanol–water partition coefficient (Wildman–Crippen LogP) is 5.41. The molecule has 1 aromatic heterocycles. The van der Waals surface area contributed by atoms with E-state index in [4.69, 9.17) is 0 Å². The molecular formula is C24H20N4O3S2. The molecule has 0 aliphatic heterocycles. The maximum absolute atomic E-state index is 12.1. The van der Waals surface area contributed by atoms with Crippen molar-refractivity contribution in [1.82, 2.24) is 10.3 Å². The topological polar surface area (TPSA) is 97.5 Å². The Kier molecular flexibility index (Phi) is 7.43. The Labute approximate surface area is 198 Å². The maximum atomic E-state index is 12.1. The summed E-state index contributed by atoms with van der Waals surface area (Å²) in [6.45, 7) is 0.606. The van der Waals surface area contributed by atoms with Crippen molar-refractivity contribution < 1.29 is 9.72 Å². The van der Waals surface area contributed by atoms with Crippen LogP contribution in [0, 0.1) is 10.1 Å². The van der Waals surface area contributed by atoms with E-state index < -0.39 is 4.92 Å². The SMILES string of the molecule is O=C(CSc1nc2ccc(N=Cc3cccc([N+](=O)[O-])c3)cc2s1)NCCc1ccccc1. The van der Waals surface area contributed by atoms with E-state index in [1.807, 2.05) is 48.5 Å². The van der Waals surface area contributed by atoms with Crippen LogP contribution in [0.4, 0.5) is 11.4 Å². The minimum absolute atomic E-state index is 0.0163. The van der Waals surface area contributed by atoms with Gasteiger partial charge in [-0.3, -0.25) is 19.9 Å². The molecule has 7 nitrogen and oxygen atoms in total. The molecule has 9 heteroatoms. The molecule has 1 N–H and O–H groups in total. The Morgan fingerprint density at radius 2 is 1.97 bits per heavy atom. The van der Waals surface area contributed by atoms with Gasteiger partial charge in [0.15, 0.2) is 4.34 Å². The van der Waals surface area contributed by atoms with Gasteiger partial charge in [-0.2, -0.15) is 0 Å². The van der Waals surface area contributed by atoms with E-state index in [1.54, 1.807) is 18.3 Å². The number of carbonyl (C=O) groups excluding carboxylic acids is 1. The van der Waals surface area contributed by atoms with Crippen molar-refractivity contribution in [2.45, 2.75) is 10.8 Å². The van der Waals surface area contributed by atoms with Gasteiger partial charge in [0.05, 0.1) is 26.6 Å². The number of nitrogens with zero attached hydrogens (tertiary/aromatic N) is 3. The lowest BCUT2D eigenvalue weighted by molar-refractivity contribution is -0.384. The third-order valence-corrected chi connectivity index (χ3v) is 6.86. The van der Waals surface area contributed by atoms with Crippen molar-refractivity contribution in [3.05, 3.63) is 94.0 Å². The van der Waals surface area contributed by atoms with Crippen LogP contribution in [0.1, 0.15) is 11.1 Å². The Bertz CT molecular complexity index is 1310. The predicted molar refractivity (Wildman–Crippen MR) is 134 cm³/mol. The molecule has 33 heavy (non-hydrogen) atoms. The molecule has 0 unspecified atom stereocenters. The summed E-state index contributed by atoms with van der Waals surface area (Å²) in [6, 6.07) is 22.0. The second-order valence-electron chi connectivity index (χ2n) is 7.12. The second-order valence-corrected chi connectivity index (χ2v) is 9.37. The molecule has 4 rings (SSSR count). The van der Waals surface area contributed by atoms with E-state index in [0.717, 1.165) is 26.7 Å². The molecule has 0 saturated carbocycles. The van der Waals surface area contributed by atoms with Crippen molar-refractivity contribution >= 4 is 56.8 Å². The monoisotopic (exact) mass is 476 g/mol. The fourth-order valence-electron chi connectivity index (χ4n) is 3.07. The smallest absolute Gasteiger partial charge is 0.270 e. The summed E-state index contributed by atoms with van der Waals surface area (Å²) in [5, 5.41) is 13.9. The van der Waals surface area contributed by atoms with Gasteiger partial charge in [0, 0.05) is 24.9 Å². The number of nitrogens with one attached hydrogen (secondary N) is 1. The molecule has 0 atom stereocenters. The minimum atomic E-state index is -0.427. The van der Waals surface area contributed by atoms with E-state index >= 15 is 0 Å². The number of fused-ring (bicyclic) bond motifs is 1. The van der Waals surface area contributed by atoms with Gasteiger partial charge >= 0.3 is 0 Å². The number of rotatable bonds is 9. The zero-order valence-electron chi connectivity index (χ0n) is 17.5. The van der Waals surface area contributed by atoms with Crippen molar-refractivity contribution in [2.75, 3.05) is 12.3 Å². The maximum Gasteiger partial charge on any atom is 0.270 e. The molecule has 0 radical (unpaired) electrons. The van der Waals surface area contributed by atoms with E-state index in [-0.39, 0.29) is 11.6 Å². The number of nitro groups is 1. The molecule has 4 aromatic rings. The highest BCUT2D eigenvalue weighted by Crippen LogP contribution is 2.32. The number of benzene rings is 3. The molecule has 1 heterocycles. The van der Waals surface area contributed by atoms with E-state index in [0.29, 0.717) is 17.9 Å². The number of non-ortho nitro benzene ring substituents is 1. The summed E-state index contributed by atoms with van der Waals surface area (Å²) >= 11 is 2.92. The van der Waals surface area contributed by atoms with Crippen LogP contribution in [-0.4, -0.2) is 34.3 Å². The first-order chi connectivity index (χ1) is 16.1. The Hall–Kier alpha value is -3.56. The quantitative estimate of drug-likeness (QED) is 0.151. The number of thiazole rings is 1. The van der Waals surface area contributed by atoms with Crippen LogP contribution in [0.5, 0.6) is 0 Å². The average molecular weight is 477 g/mol. The first kappa shape index (κ1) is 22.6. The molecule has 3 aromatic carbocycles. The van der Waals surface area contributed by atoms with Crippen LogP contribution in [-0.2, 0) is 11.2 Å². The van der Waals surface area contributed by atoms with Crippen LogP contribution in [0.25, 0.3) is 10.2 Å². The van der Waals surface area contributed by atoms with Gasteiger partial charge in [0.2, 0.25) is 5.91 Å². The van der Waals surface area contributed by atoms with Crippen LogP contribution in [0.2, 0.25) is 0 Å². The second kappa shape index (κ2) is 10.8. The van der Waals surface area contributed by atoms with Gasteiger partial charge in [-0.15, -0.1) is 11.3 Å². The number of amides is 1. The fourth-order valence-corrected chi connectivity index (χ4v) is 5.00. The van der Waals surface area contributed by atoms with Crippen LogP contribution < -0.4 is 5.32 Å². The number of nitro benzene ring substituents is 1. The number of carbonyl (C=O) groups is 1. The summed E-state index contributed by atoms with van der Waals surface area (Å²) in [5.41, 5.74) is 3.46. The normalized spacial score (nSPS) is 11.2. The van der Waals surface area contributed by atoms with Gasteiger partial charge in [-0.1, -0.05) is 54.2 Å². The van der Waals surface area contributed by atoms with Gasteiger partial charge in [0.1, 0.15) is 0 Å². The number of hydrogen-bond donors (Lipinski definition) is 1. The standard InChI is InChI=1S/C24H20N4O3S2/c29-23(25-12-11-17-5-2-1-3-6-17)16-32-24-27-21-10-9-19(14-22(21)33-24)26-15-18-7-4-8-20(13-18)28(30)31/h1-10,13-15H,11-12,16H2,(H,25,29). The molecule has 0 spiro atoms. The van der Waals surface area contributed by atoms with Gasteiger partial charge in [0.25, 0.3) is 5.69 Å². The molecule has 0 aliphatic rings. The molecular weight excluding hydrogens is 456 g/mol. The van der Waals surface area contributed by atoms with E-state index in [2.05, 4.69) is 15.3 Å². The fraction of sp³-hybridized carbons (Fsp3) is 0.125. The molecule has 0 saturated heterocycles. The number of thioether (sulfide) groups is 1. The molecule has 0 aliphatic carbocycles. The molecule has 166 valence electrons. The van der Waals surface area contributed by atoms with Gasteiger partial charge in [-0.05, 0) is 35.7 Å². The summed E-state index contributed by atoms with van der Waals surface area (Å²) in [6.07, 6.45) is 2.41. The van der Waals surface area contributed by atoms with Crippen LogP contribution >= 0.6 is 23.1 Å². The number of hydrogen-bond acceptors (Lipinski definition) is 7.